The van der Waals surface area contributed by atoms with Gasteiger partial charge in [-0.25, -0.2) is 4.98 Å². The Bertz CT molecular complexity index is 792. The number of aryl methyl sites for hydroxylation is 1. The molecule has 2 aromatic heterocycles. The van der Waals surface area contributed by atoms with E-state index in [2.05, 4.69) is 9.97 Å². The third-order valence-electron chi connectivity index (χ3n) is 3.27. The van der Waals surface area contributed by atoms with Crippen LogP contribution in [0.1, 0.15) is 21.5 Å². The van der Waals surface area contributed by atoms with E-state index >= 15 is 0 Å². The Kier molecular flexibility index (Phi) is 3.28. The van der Waals surface area contributed by atoms with Crippen molar-refractivity contribution in [3.63, 3.8) is 0 Å². The summed E-state index contributed by atoms with van der Waals surface area (Å²) in [6, 6.07) is 9.65. The summed E-state index contributed by atoms with van der Waals surface area (Å²) in [5.74, 6) is 0.0387. The lowest BCUT2D eigenvalue weighted by Gasteiger charge is -2.02. The first kappa shape index (κ1) is 12.9. The molecule has 4 heteroatoms. The SMILES string of the molecule is Cc1cccc(CC(=O)c2c[nH]c3nccc(Cl)c23)c1. The Hall–Kier alpha value is -2.13. The molecule has 0 spiro atoms. The highest BCUT2D eigenvalue weighted by Crippen LogP contribution is 2.26. The number of pyridine rings is 1. The summed E-state index contributed by atoms with van der Waals surface area (Å²) in [7, 11) is 0. The zero-order valence-corrected chi connectivity index (χ0v) is 11.7. The number of aromatic amines is 1. The normalized spacial score (nSPS) is 10.9. The van der Waals surface area contributed by atoms with Crippen molar-refractivity contribution in [3.05, 3.63) is 64.4 Å². The number of benzene rings is 1. The minimum Gasteiger partial charge on any atom is -0.345 e. The van der Waals surface area contributed by atoms with Crippen LogP contribution < -0.4 is 0 Å². The van der Waals surface area contributed by atoms with Gasteiger partial charge < -0.3 is 4.98 Å². The molecule has 0 amide bonds. The van der Waals surface area contributed by atoms with Gasteiger partial charge in [0.15, 0.2) is 5.78 Å². The van der Waals surface area contributed by atoms with Crippen molar-refractivity contribution in [1.29, 1.82) is 0 Å². The van der Waals surface area contributed by atoms with Gasteiger partial charge in [-0.1, -0.05) is 41.4 Å². The molecule has 0 saturated heterocycles. The van der Waals surface area contributed by atoms with Crippen LogP contribution in [0, 0.1) is 6.92 Å². The fourth-order valence-electron chi connectivity index (χ4n) is 2.34. The molecule has 0 aliphatic carbocycles. The number of aromatic nitrogens is 2. The average Bonchev–Trinajstić information content (AvgIpc) is 2.84. The van der Waals surface area contributed by atoms with Gasteiger partial charge in [-0.3, -0.25) is 4.79 Å². The van der Waals surface area contributed by atoms with Crippen LogP contribution in [-0.2, 0) is 6.42 Å². The molecule has 0 unspecified atom stereocenters. The lowest BCUT2D eigenvalue weighted by atomic mass is 10.0. The summed E-state index contributed by atoms with van der Waals surface area (Å²) >= 11 is 6.16. The molecule has 0 bridgehead atoms. The van der Waals surface area contributed by atoms with Crippen LogP contribution in [0.25, 0.3) is 11.0 Å². The van der Waals surface area contributed by atoms with Gasteiger partial charge in [-0.15, -0.1) is 0 Å². The summed E-state index contributed by atoms with van der Waals surface area (Å²) in [5, 5.41) is 1.25. The van der Waals surface area contributed by atoms with Crippen molar-refractivity contribution in [2.24, 2.45) is 0 Å². The molecule has 0 aliphatic rings. The summed E-state index contributed by atoms with van der Waals surface area (Å²) in [6.07, 6.45) is 3.66. The molecule has 0 radical (unpaired) electrons. The van der Waals surface area contributed by atoms with Crippen LogP contribution in [-0.4, -0.2) is 15.8 Å². The van der Waals surface area contributed by atoms with E-state index < -0.39 is 0 Å². The van der Waals surface area contributed by atoms with Crippen LogP contribution in [0.5, 0.6) is 0 Å². The number of nitrogens with one attached hydrogen (secondary N) is 1. The molecule has 1 aromatic carbocycles. The zero-order valence-electron chi connectivity index (χ0n) is 11.0. The highest BCUT2D eigenvalue weighted by Gasteiger charge is 2.15. The van der Waals surface area contributed by atoms with E-state index in [1.165, 1.54) is 0 Å². The van der Waals surface area contributed by atoms with Crippen molar-refractivity contribution in [2.75, 3.05) is 0 Å². The first-order chi connectivity index (χ1) is 9.65. The minimum atomic E-state index is 0.0387. The molecule has 1 N–H and O–H groups in total. The van der Waals surface area contributed by atoms with Crippen molar-refractivity contribution in [3.8, 4) is 0 Å². The first-order valence-electron chi connectivity index (χ1n) is 6.35. The van der Waals surface area contributed by atoms with Gasteiger partial charge in [0.05, 0.1) is 5.02 Å². The first-order valence-corrected chi connectivity index (χ1v) is 6.73. The quantitative estimate of drug-likeness (QED) is 0.740. The molecule has 20 heavy (non-hydrogen) atoms. The number of halogens is 1. The lowest BCUT2D eigenvalue weighted by Crippen LogP contribution is -2.03. The van der Waals surface area contributed by atoms with Crippen LogP contribution >= 0.6 is 11.6 Å². The number of Topliss-reactive ketones (excluding diaryl/α,β-unsaturated/α-hetero) is 1. The maximum atomic E-state index is 12.4. The fourth-order valence-corrected chi connectivity index (χ4v) is 2.59. The third-order valence-corrected chi connectivity index (χ3v) is 3.59. The van der Waals surface area contributed by atoms with E-state index in [-0.39, 0.29) is 5.78 Å². The Labute approximate surface area is 121 Å². The number of carbonyl (C=O) groups is 1. The largest absolute Gasteiger partial charge is 0.345 e. The van der Waals surface area contributed by atoms with Gasteiger partial charge in [0.2, 0.25) is 0 Å². The summed E-state index contributed by atoms with van der Waals surface area (Å²) in [5.41, 5.74) is 3.39. The fraction of sp³-hybridized carbons (Fsp3) is 0.125. The Morgan fingerprint density at radius 2 is 2.20 bits per heavy atom. The minimum absolute atomic E-state index is 0.0387. The number of rotatable bonds is 3. The van der Waals surface area contributed by atoms with Gasteiger partial charge in [0.1, 0.15) is 5.65 Å². The van der Waals surface area contributed by atoms with Gasteiger partial charge in [-0.2, -0.15) is 0 Å². The molecule has 0 atom stereocenters. The van der Waals surface area contributed by atoms with Gasteiger partial charge in [0, 0.05) is 29.8 Å². The van der Waals surface area contributed by atoms with Gasteiger partial charge >= 0.3 is 0 Å². The molecule has 0 saturated carbocycles. The second-order valence-corrected chi connectivity index (χ2v) is 5.21. The van der Waals surface area contributed by atoms with Crippen molar-refractivity contribution < 1.29 is 4.79 Å². The van der Waals surface area contributed by atoms with Crippen molar-refractivity contribution in [1.82, 2.24) is 9.97 Å². The summed E-state index contributed by atoms with van der Waals surface area (Å²) in [6.45, 7) is 2.01. The van der Waals surface area contributed by atoms with E-state index in [0.717, 1.165) is 11.1 Å². The highest BCUT2D eigenvalue weighted by atomic mass is 35.5. The van der Waals surface area contributed by atoms with Crippen LogP contribution in [0.15, 0.2) is 42.7 Å². The van der Waals surface area contributed by atoms with E-state index in [4.69, 9.17) is 11.6 Å². The van der Waals surface area contributed by atoms with E-state index in [0.29, 0.717) is 28.0 Å². The number of carbonyl (C=O) groups excluding carboxylic acids is 1. The average molecular weight is 285 g/mol. The number of nitrogens with zero attached hydrogens (tertiary/aromatic N) is 1. The number of fused-ring (bicyclic) bond motifs is 1. The molecule has 3 rings (SSSR count). The monoisotopic (exact) mass is 284 g/mol. The molecule has 3 nitrogen and oxygen atoms in total. The highest BCUT2D eigenvalue weighted by molar-refractivity contribution is 6.36. The van der Waals surface area contributed by atoms with Gasteiger partial charge in [-0.05, 0) is 18.6 Å². The molecular weight excluding hydrogens is 272 g/mol. The predicted octanol–water partition coefficient (Wildman–Crippen LogP) is 3.95. The van der Waals surface area contributed by atoms with Crippen molar-refractivity contribution in [2.45, 2.75) is 13.3 Å². The number of hydrogen-bond acceptors (Lipinski definition) is 2. The van der Waals surface area contributed by atoms with E-state index in [9.17, 15) is 4.79 Å². The maximum Gasteiger partial charge on any atom is 0.169 e. The molecule has 2 heterocycles. The van der Waals surface area contributed by atoms with Crippen LogP contribution in [0.2, 0.25) is 5.02 Å². The summed E-state index contributed by atoms with van der Waals surface area (Å²) < 4.78 is 0. The second kappa shape index (κ2) is 5.10. The molecular formula is C16H13ClN2O. The van der Waals surface area contributed by atoms with Crippen LogP contribution in [0.4, 0.5) is 0 Å². The number of hydrogen-bond donors (Lipinski definition) is 1. The van der Waals surface area contributed by atoms with E-state index in [1.807, 2.05) is 31.2 Å². The molecule has 100 valence electrons. The van der Waals surface area contributed by atoms with Crippen LogP contribution in [0.3, 0.4) is 0 Å². The number of ketones is 1. The van der Waals surface area contributed by atoms with E-state index in [1.54, 1.807) is 18.5 Å². The molecule has 0 aliphatic heterocycles. The molecule has 3 aromatic rings. The Morgan fingerprint density at radius 1 is 1.35 bits per heavy atom. The second-order valence-electron chi connectivity index (χ2n) is 4.81. The Morgan fingerprint density at radius 3 is 3.00 bits per heavy atom. The Balaban J connectivity index is 1.97. The number of H-pyrrole nitrogens is 1. The predicted molar refractivity (Wildman–Crippen MR) is 80.3 cm³/mol. The van der Waals surface area contributed by atoms with Gasteiger partial charge in [0.25, 0.3) is 0 Å². The summed E-state index contributed by atoms with van der Waals surface area (Å²) in [4.78, 5) is 19.6. The zero-order chi connectivity index (χ0) is 14.1. The van der Waals surface area contributed by atoms with Crippen molar-refractivity contribution >= 4 is 28.4 Å². The third kappa shape index (κ3) is 2.32. The standard InChI is InChI=1S/C16H13ClN2O/c1-10-3-2-4-11(7-10)8-14(20)12-9-19-16-15(12)13(17)5-6-18-16/h2-7,9H,8H2,1H3,(H,18,19). The maximum absolute atomic E-state index is 12.4. The lowest BCUT2D eigenvalue weighted by molar-refractivity contribution is 0.0994. The molecule has 0 fully saturated rings. The topological polar surface area (TPSA) is 45.8 Å². The smallest absolute Gasteiger partial charge is 0.169 e.